The lowest BCUT2D eigenvalue weighted by molar-refractivity contribution is -0.131. The Morgan fingerprint density at radius 1 is 1.08 bits per heavy atom. The molecule has 2 aromatic rings. The second kappa shape index (κ2) is 7.60. The number of amides is 1. The minimum atomic E-state index is -0.638. The second-order valence-electron chi connectivity index (χ2n) is 6.28. The van der Waals surface area contributed by atoms with E-state index in [1.165, 1.54) is 0 Å². The predicted octanol–water partition coefficient (Wildman–Crippen LogP) is 2.75. The molecule has 0 aromatic heterocycles. The van der Waals surface area contributed by atoms with Crippen molar-refractivity contribution in [2.75, 3.05) is 0 Å². The number of nitrogens with zero attached hydrogens (tertiary/aromatic N) is 1. The summed E-state index contributed by atoms with van der Waals surface area (Å²) in [6.45, 7) is 2.67. The first-order valence-electron chi connectivity index (χ1n) is 8.32. The topological polar surface area (TPSA) is 49.8 Å². The van der Waals surface area contributed by atoms with E-state index in [-0.39, 0.29) is 18.1 Å². The van der Waals surface area contributed by atoms with Crippen LogP contribution in [0.3, 0.4) is 0 Å². The van der Waals surface area contributed by atoms with Crippen molar-refractivity contribution in [1.29, 1.82) is 0 Å². The lowest BCUT2D eigenvalue weighted by Crippen LogP contribution is -2.44. The zero-order valence-corrected chi connectivity index (χ0v) is 13.8. The highest BCUT2D eigenvalue weighted by molar-refractivity contribution is 5.80. The first-order chi connectivity index (χ1) is 11.6. The van der Waals surface area contributed by atoms with Crippen LogP contribution in [0.15, 0.2) is 60.7 Å². The molecular formula is C20H23NO3. The van der Waals surface area contributed by atoms with Gasteiger partial charge in [-0.3, -0.25) is 4.79 Å². The Hall–Kier alpha value is -2.17. The maximum atomic E-state index is 12.5. The van der Waals surface area contributed by atoms with Gasteiger partial charge in [-0.15, -0.1) is 0 Å². The van der Waals surface area contributed by atoms with Gasteiger partial charge in [0.2, 0.25) is 5.91 Å². The quantitative estimate of drug-likeness (QED) is 0.888. The molecule has 1 amide bonds. The SMILES string of the molecule is C[C@H](O)[C@@H]1[C@@H](OCc2ccccc2)CC(=O)N1Cc1ccccc1. The van der Waals surface area contributed by atoms with Crippen molar-refractivity contribution >= 4 is 5.91 Å². The molecule has 2 aromatic carbocycles. The van der Waals surface area contributed by atoms with E-state index < -0.39 is 6.10 Å². The van der Waals surface area contributed by atoms with E-state index in [0.29, 0.717) is 19.6 Å². The van der Waals surface area contributed by atoms with Gasteiger partial charge in [0, 0.05) is 6.54 Å². The van der Waals surface area contributed by atoms with E-state index in [4.69, 9.17) is 4.74 Å². The van der Waals surface area contributed by atoms with Crippen molar-refractivity contribution in [2.24, 2.45) is 0 Å². The molecule has 1 fully saturated rings. The number of hydrogen-bond donors (Lipinski definition) is 1. The van der Waals surface area contributed by atoms with Gasteiger partial charge in [0.15, 0.2) is 0 Å². The summed E-state index contributed by atoms with van der Waals surface area (Å²) in [5.41, 5.74) is 2.12. The first kappa shape index (κ1) is 16.7. The van der Waals surface area contributed by atoms with E-state index in [9.17, 15) is 9.90 Å². The third-order valence-corrected chi connectivity index (χ3v) is 4.43. The highest BCUT2D eigenvalue weighted by Crippen LogP contribution is 2.27. The molecule has 0 aliphatic carbocycles. The normalized spacial score (nSPS) is 21.9. The molecule has 1 aliphatic rings. The van der Waals surface area contributed by atoms with Gasteiger partial charge in [0.1, 0.15) is 0 Å². The number of aliphatic hydroxyl groups is 1. The lowest BCUT2D eigenvalue weighted by Gasteiger charge is -2.30. The van der Waals surface area contributed by atoms with Gasteiger partial charge >= 0.3 is 0 Å². The molecule has 4 heteroatoms. The van der Waals surface area contributed by atoms with Gasteiger partial charge < -0.3 is 14.7 Å². The molecule has 0 saturated carbocycles. The number of benzene rings is 2. The van der Waals surface area contributed by atoms with Gasteiger partial charge in [-0.1, -0.05) is 60.7 Å². The zero-order valence-electron chi connectivity index (χ0n) is 13.8. The first-order valence-corrected chi connectivity index (χ1v) is 8.32. The molecule has 1 heterocycles. The van der Waals surface area contributed by atoms with Crippen molar-refractivity contribution in [2.45, 2.75) is 44.7 Å². The average Bonchev–Trinajstić information content (AvgIpc) is 2.91. The molecular weight excluding hydrogens is 302 g/mol. The summed E-state index contributed by atoms with van der Waals surface area (Å²) >= 11 is 0. The lowest BCUT2D eigenvalue weighted by atomic mass is 10.1. The number of likely N-dealkylation sites (tertiary alicyclic amines) is 1. The number of ether oxygens (including phenoxy) is 1. The molecule has 3 rings (SSSR count). The van der Waals surface area contributed by atoms with E-state index in [2.05, 4.69) is 0 Å². The Kier molecular flexibility index (Phi) is 5.28. The van der Waals surface area contributed by atoms with Crippen LogP contribution in [0.25, 0.3) is 0 Å². The maximum Gasteiger partial charge on any atom is 0.226 e. The molecule has 1 aliphatic heterocycles. The largest absolute Gasteiger partial charge is 0.391 e. The number of carbonyl (C=O) groups excluding carboxylic acids is 1. The van der Waals surface area contributed by atoms with Gasteiger partial charge in [0.05, 0.1) is 31.3 Å². The van der Waals surface area contributed by atoms with Crippen LogP contribution in [-0.2, 0) is 22.7 Å². The fourth-order valence-electron chi connectivity index (χ4n) is 3.26. The minimum Gasteiger partial charge on any atom is -0.391 e. The molecule has 126 valence electrons. The average molecular weight is 325 g/mol. The Morgan fingerprint density at radius 2 is 1.67 bits per heavy atom. The monoisotopic (exact) mass is 325 g/mol. The number of aliphatic hydroxyl groups excluding tert-OH is 1. The maximum absolute atomic E-state index is 12.5. The fraction of sp³-hybridized carbons (Fsp3) is 0.350. The summed E-state index contributed by atoms with van der Waals surface area (Å²) < 4.78 is 5.98. The summed E-state index contributed by atoms with van der Waals surface area (Å²) in [5.74, 6) is 0.0304. The third-order valence-electron chi connectivity index (χ3n) is 4.43. The highest BCUT2D eigenvalue weighted by Gasteiger charge is 2.42. The molecule has 4 nitrogen and oxygen atoms in total. The van der Waals surface area contributed by atoms with Crippen LogP contribution in [0.2, 0.25) is 0 Å². The van der Waals surface area contributed by atoms with E-state index in [1.54, 1.807) is 11.8 Å². The van der Waals surface area contributed by atoms with Crippen LogP contribution in [0, 0.1) is 0 Å². The molecule has 0 radical (unpaired) electrons. The Bertz CT molecular complexity index is 657. The van der Waals surface area contributed by atoms with E-state index in [0.717, 1.165) is 11.1 Å². The number of rotatable bonds is 6. The minimum absolute atomic E-state index is 0.0304. The van der Waals surface area contributed by atoms with Crippen LogP contribution >= 0.6 is 0 Å². The summed E-state index contributed by atoms with van der Waals surface area (Å²) in [6.07, 6.45) is -0.614. The van der Waals surface area contributed by atoms with Crippen molar-refractivity contribution in [3.63, 3.8) is 0 Å². The standard InChI is InChI=1S/C20H23NO3/c1-15(22)20-18(24-14-17-10-6-3-7-11-17)12-19(23)21(20)13-16-8-4-2-5-9-16/h2-11,15,18,20,22H,12-14H2,1H3/t15-,18-,20+/m0/s1. The van der Waals surface area contributed by atoms with Crippen LogP contribution < -0.4 is 0 Å². The van der Waals surface area contributed by atoms with Gasteiger partial charge in [-0.25, -0.2) is 0 Å². The smallest absolute Gasteiger partial charge is 0.226 e. The van der Waals surface area contributed by atoms with Crippen molar-refractivity contribution < 1.29 is 14.6 Å². The van der Waals surface area contributed by atoms with Crippen LogP contribution in [0.5, 0.6) is 0 Å². The zero-order chi connectivity index (χ0) is 16.9. The Balaban J connectivity index is 1.70. The number of carbonyl (C=O) groups is 1. The second-order valence-corrected chi connectivity index (χ2v) is 6.28. The van der Waals surface area contributed by atoms with Crippen molar-refractivity contribution in [3.05, 3.63) is 71.8 Å². The molecule has 1 saturated heterocycles. The summed E-state index contributed by atoms with van der Waals surface area (Å²) in [6, 6.07) is 19.4. The van der Waals surface area contributed by atoms with Gasteiger partial charge in [-0.05, 0) is 18.1 Å². The molecule has 0 bridgehead atoms. The van der Waals surface area contributed by atoms with Crippen LogP contribution in [0.1, 0.15) is 24.5 Å². The van der Waals surface area contributed by atoms with Crippen LogP contribution in [0.4, 0.5) is 0 Å². The molecule has 0 unspecified atom stereocenters. The molecule has 3 atom stereocenters. The van der Waals surface area contributed by atoms with E-state index >= 15 is 0 Å². The molecule has 1 N–H and O–H groups in total. The Labute approximate surface area is 142 Å². The van der Waals surface area contributed by atoms with E-state index in [1.807, 2.05) is 60.7 Å². The van der Waals surface area contributed by atoms with Gasteiger partial charge in [-0.2, -0.15) is 0 Å². The Morgan fingerprint density at radius 3 is 2.25 bits per heavy atom. The summed E-state index contributed by atoms with van der Waals surface area (Å²) in [7, 11) is 0. The third kappa shape index (κ3) is 3.83. The van der Waals surface area contributed by atoms with Gasteiger partial charge in [0.25, 0.3) is 0 Å². The van der Waals surface area contributed by atoms with Crippen molar-refractivity contribution in [1.82, 2.24) is 4.90 Å². The summed E-state index contributed by atoms with van der Waals surface area (Å²) in [5, 5.41) is 10.2. The molecule has 24 heavy (non-hydrogen) atoms. The molecule has 0 spiro atoms. The highest BCUT2D eigenvalue weighted by atomic mass is 16.5. The number of hydrogen-bond acceptors (Lipinski definition) is 3. The summed E-state index contributed by atoms with van der Waals surface area (Å²) in [4.78, 5) is 14.2. The fourth-order valence-corrected chi connectivity index (χ4v) is 3.26. The predicted molar refractivity (Wildman–Crippen MR) is 92.1 cm³/mol. The van der Waals surface area contributed by atoms with Crippen LogP contribution in [-0.4, -0.2) is 34.2 Å². The van der Waals surface area contributed by atoms with Crippen molar-refractivity contribution in [3.8, 4) is 0 Å².